The fourth-order valence-corrected chi connectivity index (χ4v) is 2.04. The molecule has 96 valence electrons. The molecule has 1 aliphatic carbocycles. The van der Waals surface area contributed by atoms with Crippen LogP contribution in [0.5, 0.6) is 5.75 Å². The van der Waals surface area contributed by atoms with Gasteiger partial charge < -0.3 is 4.74 Å². The smallest absolute Gasteiger partial charge is 0.388 e. The highest BCUT2D eigenvalue weighted by Crippen LogP contribution is 2.34. The molecule has 0 aliphatic heterocycles. The molecular formula is C11H14N3O3S+. The van der Waals surface area contributed by atoms with Crippen molar-refractivity contribution in [3.63, 3.8) is 0 Å². The minimum absolute atomic E-state index is 0.319. The van der Waals surface area contributed by atoms with E-state index in [9.17, 15) is 8.42 Å². The number of sulfonamides is 1. The van der Waals surface area contributed by atoms with E-state index < -0.39 is 10.0 Å². The molecular weight excluding hydrogens is 254 g/mol. The number of diazo groups is 1. The van der Waals surface area contributed by atoms with Crippen LogP contribution in [0.15, 0.2) is 18.2 Å². The van der Waals surface area contributed by atoms with Gasteiger partial charge in [0.2, 0.25) is 15.4 Å². The fraction of sp³-hybridized carbons (Fsp3) is 0.455. The molecule has 0 atom stereocenters. The zero-order valence-corrected chi connectivity index (χ0v) is 10.8. The lowest BCUT2D eigenvalue weighted by Crippen LogP contribution is -2.11. The van der Waals surface area contributed by atoms with Crippen molar-refractivity contribution in [2.24, 2.45) is 5.92 Å². The Morgan fingerprint density at radius 3 is 2.78 bits per heavy atom. The second-order valence-corrected chi connectivity index (χ2v) is 6.16. The van der Waals surface area contributed by atoms with Crippen LogP contribution in [0, 0.1) is 11.3 Å². The van der Waals surface area contributed by atoms with Crippen LogP contribution in [0.3, 0.4) is 0 Å². The molecule has 1 saturated carbocycles. The maximum Gasteiger partial charge on any atom is 0.388 e. The number of rotatable bonds is 5. The number of nitrogens with zero attached hydrogens (tertiary/aromatic N) is 2. The molecule has 6 nitrogen and oxygen atoms in total. The van der Waals surface area contributed by atoms with Crippen molar-refractivity contribution >= 4 is 21.4 Å². The quantitative estimate of drug-likeness (QED) is 0.831. The average Bonchev–Trinajstić information content (AvgIpc) is 3.09. The zero-order valence-electron chi connectivity index (χ0n) is 9.96. The van der Waals surface area contributed by atoms with Gasteiger partial charge in [0.05, 0.1) is 24.6 Å². The van der Waals surface area contributed by atoms with Crippen molar-refractivity contribution in [1.82, 2.24) is 0 Å². The van der Waals surface area contributed by atoms with Crippen molar-refractivity contribution in [3.8, 4) is 5.75 Å². The summed E-state index contributed by atoms with van der Waals surface area (Å²) in [5.74, 6) is 0.924. The van der Waals surface area contributed by atoms with E-state index in [1.165, 1.54) is 18.2 Å². The third kappa shape index (κ3) is 3.60. The highest BCUT2D eigenvalue weighted by molar-refractivity contribution is 7.92. The molecule has 1 fully saturated rings. The van der Waals surface area contributed by atoms with Crippen LogP contribution in [0.1, 0.15) is 12.8 Å². The standard InChI is InChI=1S/C11H14N3O3S/c1-18(15,16)14-10-5-4-9(13-12)6-11(10)17-7-8-2-3-8/h4-6,8,14H,2-3,7H2,1H3/q+1. The highest BCUT2D eigenvalue weighted by Gasteiger charge is 2.23. The van der Waals surface area contributed by atoms with Gasteiger partial charge in [-0.1, -0.05) is 0 Å². The number of hydrogen-bond acceptors (Lipinski definition) is 4. The van der Waals surface area contributed by atoms with Crippen molar-refractivity contribution in [2.75, 3.05) is 17.6 Å². The van der Waals surface area contributed by atoms with Gasteiger partial charge in [-0.05, 0) is 24.8 Å². The van der Waals surface area contributed by atoms with Crippen molar-refractivity contribution in [1.29, 1.82) is 5.39 Å². The number of hydrogen-bond donors (Lipinski definition) is 1. The van der Waals surface area contributed by atoms with Crippen LogP contribution in [0.2, 0.25) is 0 Å². The first-order valence-electron chi connectivity index (χ1n) is 5.57. The molecule has 0 heterocycles. The van der Waals surface area contributed by atoms with Gasteiger partial charge in [-0.3, -0.25) is 4.72 Å². The van der Waals surface area contributed by atoms with E-state index in [1.54, 1.807) is 0 Å². The predicted molar refractivity (Wildman–Crippen MR) is 67.9 cm³/mol. The number of benzene rings is 1. The zero-order chi connectivity index (χ0) is 13.2. The Hall–Kier alpha value is -1.81. The summed E-state index contributed by atoms with van der Waals surface area (Å²) in [4.78, 5) is 3.05. The van der Waals surface area contributed by atoms with Gasteiger partial charge in [-0.25, -0.2) is 8.42 Å². The lowest BCUT2D eigenvalue weighted by atomic mass is 10.2. The molecule has 0 aromatic heterocycles. The van der Waals surface area contributed by atoms with E-state index in [4.69, 9.17) is 10.1 Å². The van der Waals surface area contributed by atoms with Crippen molar-refractivity contribution < 1.29 is 13.2 Å². The van der Waals surface area contributed by atoms with Gasteiger partial charge in [-0.2, -0.15) is 0 Å². The first kappa shape index (κ1) is 12.6. The normalized spacial score (nSPS) is 14.9. The molecule has 0 amide bonds. The third-order valence-corrected chi connectivity index (χ3v) is 3.14. The molecule has 2 rings (SSSR count). The summed E-state index contributed by atoms with van der Waals surface area (Å²) in [5, 5.41) is 8.71. The lowest BCUT2D eigenvalue weighted by molar-refractivity contribution is 0.301. The van der Waals surface area contributed by atoms with E-state index in [1.807, 2.05) is 0 Å². The van der Waals surface area contributed by atoms with Gasteiger partial charge in [0.15, 0.2) is 10.7 Å². The lowest BCUT2D eigenvalue weighted by Gasteiger charge is -2.10. The molecule has 1 aromatic rings. The highest BCUT2D eigenvalue weighted by atomic mass is 32.2. The summed E-state index contributed by atoms with van der Waals surface area (Å²) >= 11 is 0. The van der Waals surface area contributed by atoms with E-state index in [-0.39, 0.29) is 0 Å². The first-order chi connectivity index (χ1) is 8.48. The van der Waals surface area contributed by atoms with Gasteiger partial charge >= 0.3 is 5.69 Å². The number of ether oxygens (including phenoxy) is 1. The maximum atomic E-state index is 11.2. The SMILES string of the molecule is CS(=O)(=O)Nc1ccc([N+]#N)cc1OCC1CC1. The van der Waals surface area contributed by atoms with Gasteiger partial charge in [-0.15, -0.1) is 0 Å². The van der Waals surface area contributed by atoms with Crippen LogP contribution >= 0.6 is 0 Å². The van der Waals surface area contributed by atoms with Crippen LogP contribution in [0.25, 0.3) is 4.98 Å². The molecule has 1 aliphatic rings. The van der Waals surface area contributed by atoms with E-state index >= 15 is 0 Å². The monoisotopic (exact) mass is 268 g/mol. The fourth-order valence-electron chi connectivity index (χ4n) is 1.47. The summed E-state index contributed by atoms with van der Waals surface area (Å²) in [5.41, 5.74) is 0.672. The Kier molecular flexibility index (Phi) is 3.39. The van der Waals surface area contributed by atoms with E-state index in [0.29, 0.717) is 29.6 Å². The van der Waals surface area contributed by atoms with Crippen LogP contribution in [-0.2, 0) is 10.0 Å². The average molecular weight is 268 g/mol. The second kappa shape index (κ2) is 4.82. The third-order valence-electron chi connectivity index (χ3n) is 2.55. The Morgan fingerprint density at radius 1 is 1.50 bits per heavy atom. The van der Waals surface area contributed by atoms with Gasteiger partial charge in [0.1, 0.15) is 0 Å². The molecule has 0 spiro atoms. The molecule has 0 bridgehead atoms. The topological polar surface area (TPSA) is 83.5 Å². The van der Waals surface area contributed by atoms with Gasteiger partial charge in [0, 0.05) is 6.07 Å². The largest absolute Gasteiger partial charge is 0.491 e. The Labute approximate surface area is 106 Å². The summed E-state index contributed by atoms with van der Waals surface area (Å²) in [6, 6.07) is 4.51. The minimum Gasteiger partial charge on any atom is -0.491 e. The minimum atomic E-state index is -3.37. The van der Waals surface area contributed by atoms with Crippen molar-refractivity contribution in [2.45, 2.75) is 12.8 Å². The molecule has 18 heavy (non-hydrogen) atoms. The predicted octanol–water partition coefficient (Wildman–Crippen LogP) is 2.33. The van der Waals surface area contributed by atoms with E-state index in [0.717, 1.165) is 19.1 Å². The van der Waals surface area contributed by atoms with E-state index in [2.05, 4.69) is 9.70 Å². The van der Waals surface area contributed by atoms with Crippen LogP contribution < -0.4 is 9.46 Å². The molecule has 1 aromatic carbocycles. The van der Waals surface area contributed by atoms with Crippen LogP contribution in [0.4, 0.5) is 11.4 Å². The first-order valence-corrected chi connectivity index (χ1v) is 7.47. The number of anilines is 1. The summed E-state index contributed by atoms with van der Waals surface area (Å²) in [6.45, 7) is 0.549. The maximum absolute atomic E-state index is 11.2. The number of nitrogens with one attached hydrogen (secondary N) is 1. The second-order valence-electron chi connectivity index (χ2n) is 4.41. The Morgan fingerprint density at radius 2 is 2.22 bits per heavy atom. The molecule has 0 radical (unpaired) electrons. The molecule has 0 unspecified atom stereocenters. The van der Waals surface area contributed by atoms with Crippen molar-refractivity contribution in [3.05, 3.63) is 23.2 Å². The van der Waals surface area contributed by atoms with Crippen LogP contribution in [-0.4, -0.2) is 21.3 Å². The summed E-state index contributed by atoms with van der Waals surface area (Å²) in [7, 11) is -3.37. The molecule has 1 N–H and O–H groups in total. The Balaban J connectivity index is 2.22. The molecule has 7 heteroatoms. The Bertz CT molecular complexity index is 588. The summed E-state index contributed by atoms with van der Waals surface area (Å²) in [6.07, 6.45) is 3.35. The molecule has 0 saturated heterocycles. The summed E-state index contributed by atoms with van der Waals surface area (Å²) < 4.78 is 30.4. The van der Waals surface area contributed by atoms with Gasteiger partial charge in [0.25, 0.3) is 0 Å².